The maximum Gasteiger partial charge on any atom is 0.472 e. The molecular formula is C87H142O16P2. The topological polar surface area (TPSA) is 231 Å². The van der Waals surface area contributed by atoms with Gasteiger partial charge < -0.3 is 34.2 Å². The van der Waals surface area contributed by atoms with Crippen molar-refractivity contribution < 1.29 is 75.8 Å². The highest BCUT2D eigenvalue weighted by atomic mass is 31.2. The molecule has 105 heavy (non-hydrogen) atoms. The molecule has 18 heteroatoms. The number of unbranched alkanes of at least 4 members (excludes halogenated alkanes) is 21. The number of hydrogen-bond acceptors (Lipinski definition) is 14. The molecule has 596 valence electrons. The first-order valence-corrected chi connectivity index (χ1v) is 43.1. The van der Waals surface area contributed by atoms with Crippen molar-refractivity contribution in [3.63, 3.8) is 0 Å². The van der Waals surface area contributed by atoms with Crippen molar-refractivity contribution in [2.45, 2.75) is 309 Å². The highest BCUT2D eigenvalue weighted by molar-refractivity contribution is 7.47. The molecule has 0 aromatic heterocycles. The van der Waals surface area contributed by atoms with Gasteiger partial charge in [-0.2, -0.15) is 0 Å². The molecule has 0 rings (SSSR count). The van der Waals surface area contributed by atoms with E-state index in [-0.39, 0.29) is 19.3 Å². The van der Waals surface area contributed by atoms with Crippen LogP contribution in [0.15, 0.2) is 182 Å². The van der Waals surface area contributed by atoms with E-state index >= 15 is 0 Å². The van der Waals surface area contributed by atoms with Crippen LogP contribution in [0.1, 0.15) is 290 Å². The molecule has 4 N–H and O–H groups in total. The summed E-state index contributed by atoms with van der Waals surface area (Å²) in [4.78, 5) is 58.8. The number of hydrogen-bond donors (Lipinski definition) is 4. The Kier molecular flexibility index (Phi) is 74.3. The van der Waals surface area contributed by atoms with Gasteiger partial charge in [-0.05, 0) is 161 Å². The second-order valence-corrected chi connectivity index (χ2v) is 29.0. The summed E-state index contributed by atoms with van der Waals surface area (Å²) in [5, 5.41) is 20.7. The van der Waals surface area contributed by atoms with Crippen LogP contribution in [-0.4, -0.2) is 95.9 Å². The molecule has 0 aliphatic rings. The second kappa shape index (κ2) is 78.2. The Labute approximate surface area is 636 Å². The lowest BCUT2D eigenvalue weighted by Crippen LogP contribution is -2.30. The van der Waals surface area contributed by atoms with Gasteiger partial charge >= 0.3 is 33.6 Å². The van der Waals surface area contributed by atoms with E-state index < -0.39 is 91.5 Å². The molecule has 0 amide bonds. The number of carbonyl (C=O) groups excluding carboxylic acids is 3. The minimum absolute atomic E-state index is 0.0792. The van der Waals surface area contributed by atoms with Crippen LogP contribution in [-0.2, 0) is 55.8 Å². The fraction of sp³-hybridized carbons (Fsp3) is 0.621. The predicted molar refractivity (Wildman–Crippen MR) is 435 cm³/mol. The minimum Gasteiger partial charge on any atom is -0.463 e. The second-order valence-electron chi connectivity index (χ2n) is 26.1. The number of carbonyl (C=O) groups is 3. The molecule has 0 fully saturated rings. The molecule has 0 spiro atoms. The molecule has 0 bridgehead atoms. The predicted octanol–water partition coefficient (Wildman–Crippen LogP) is 23.8. The van der Waals surface area contributed by atoms with Crippen molar-refractivity contribution in [1.82, 2.24) is 0 Å². The lowest BCUT2D eigenvalue weighted by atomic mass is 10.1. The molecule has 0 saturated carbocycles. The van der Waals surface area contributed by atoms with Crippen LogP contribution >= 0.6 is 15.6 Å². The van der Waals surface area contributed by atoms with E-state index in [4.69, 9.17) is 32.3 Å². The molecule has 0 aliphatic heterocycles. The van der Waals surface area contributed by atoms with E-state index in [0.717, 1.165) is 212 Å². The van der Waals surface area contributed by atoms with E-state index in [2.05, 4.69) is 203 Å². The Morgan fingerprint density at radius 1 is 0.276 bits per heavy atom. The molecule has 0 aliphatic carbocycles. The van der Waals surface area contributed by atoms with Crippen LogP contribution in [0.2, 0.25) is 0 Å². The highest BCUT2D eigenvalue weighted by Gasteiger charge is 2.29. The van der Waals surface area contributed by atoms with Crippen LogP contribution in [0.4, 0.5) is 0 Å². The van der Waals surface area contributed by atoms with Crippen LogP contribution in [0, 0.1) is 0 Å². The number of phosphoric acid groups is 2. The van der Waals surface area contributed by atoms with Crippen molar-refractivity contribution in [2.75, 3.05) is 39.6 Å². The summed E-state index contributed by atoms with van der Waals surface area (Å²) in [5.41, 5.74) is 0. The number of phosphoric ester groups is 2. The smallest absolute Gasteiger partial charge is 0.463 e. The van der Waals surface area contributed by atoms with E-state index in [9.17, 15) is 43.5 Å². The molecule has 0 saturated heterocycles. The van der Waals surface area contributed by atoms with E-state index in [1.807, 2.05) is 0 Å². The summed E-state index contributed by atoms with van der Waals surface area (Å²) < 4.78 is 61.2. The van der Waals surface area contributed by atoms with Gasteiger partial charge in [0, 0.05) is 19.3 Å². The van der Waals surface area contributed by atoms with Gasteiger partial charge in [0.25, 0.3) is 0 Å². The normalized spacial score (nSPS) is 14.9. The van der Waals surface area contributed by atoms with Gasteiger partial charge in [0.1, 0.15) is 25.4 Å². The monoisotopic (exact) mass is 1500 g/mol. The number of aliphatic hydroxyl groups excluding tert-OH is 2. The standard InChI is InChI=1S/C87H142O16P2/c1-4-7-10-13-16-19-22-25-28-31-34-36-38-40-42-44-47-49-52-55-58-61-64-67-70-73-85(90)97-76-82(88)77-99-104(93,94)100-78-83(89)79-101-105(95,96)102-81-84(103-87(92)75-72-69-66-63-60-57-54-51-46-33-30-27-24-21-18-15-12-9-6-3)80-98-86(91)74-71-68-65-62-59-56-53-50-48-45-43-41-39-37-35-32-29-26-23-20-17-14-11-8-5-2/h7-8,10-11,16-21,25-30,34-37,40-43,46-51,82-84,88-89H,4-6,9,12-15,22-24,31-33,38-39,44-45,52-81H2,1-3H3,(H,93,94)(H,95,96)/b10-7-,11-8-,19-16-,20-17-,21-18-,28-25-,29-26-,30-27-,36-34-,37-35-,42-40-,43-41-,49-47-,50-48-,51-46-. The number of esters is 3. The number of aliphatic hydroxyl groups is 2. The fourth-order valence-corrected chi connectivity index (χ4v) is 11.6. The fourth-order valence-electron chi connectivity index (χ4n) is 10.1. The maximum atomic E-state index is 13.0. The zero-order valence-corrected chi connectivity index (χ0v) is 66.9. The SMILES string of the molecule is CC/C=C\C/C=C\C/C=C\C/C=C\C/C=C\C/C=C\CCCCCCCCC(=O)OCC(O)COP(=O)(O)OCC(O)COP(=O)(O)OCC(COC(=O)CCCCCCCC/C=C\C/C=C\C/C=C\C/C=C\C/C=C\C/C=C\CC)OC(=O)CCCCCCCC/C=C\C/C=C\C/C=C\CCCCC. The van der Waals surface area contributed by atoms with Crippen molar-refractivity contribution in [3.05, 3.63) is 182 Å². The van der Waals surface area contributed by atoms with Crippen molar-refractivity contribution in [2.24, 2.45) is 0 Å². The first kappa shape index (κ1) is 99.7. The third-order valence-electron chi connectivity index (χ3n) is 16.1. The van der Waals surface area contributed by atoms with Crippen LogP contribution in [0.5, 0.6) is 0 Å². The lowest BCUT2D eigenvalue weighted by Gasteiger charge is -2.21. The van der Waals surface area contributed by atoms with E-state index in [1.54, 1.807) is 0 Å². The molecule has 16 nitrogen and oxygen atoms in total. The quantitative estimate of drug-likeness (QED) is 0.0146. The molecule has 0 aromatic rings. The van der Waals surface area contributed by atoms with Gasteiger partial charge in [-0.1, -0.05) is 293 Å². The summed E-state index contributed by atoms with van der Waals surface area (Å²) in [6.07, 6.45) is 101. The van der Waals surface area contributed by atoms with Gasteiger partial charge in [-0.15, -0.1) is 0 Å². The van der Waals surface area contributed by atoms with Crippen LogP contribution < -0.4 is 0 Å². The summed E-state index contributed by atoms with van der Waals surface area (Å²) in [6.45, 7) is 2.36. The van der Waals surface area contributed by atoms with Crippen molar-refractivity contribution in [1.29, 1.82) is 0 Å². The van der Waals surface area contributed by atoms with Crippen LogP contribution in [0.3, 0.4) is 0 Å². The Hall–Kier alpha value is -5.35. The van der Waals surface area contributed by atoms with Gasteiger partial charge in [-0.25, -0.2) is 9.13 Å². The third kappa shape index (κ3) is 79.5. The van der Waals surface area contributed by atoms with E-state index in [0.29, 0.717) is 19.3 Å². The largest absolute Gasteiger partial charge is 0.472 e. The average Bonchev–Trinajstić information content (AvgIpc) is 0.923. The molecule has 0 radical (unpaired) electrons. The summed E-state index contributed by atoms with van der Waals surface area (Å²) in [7, 11) is -9.82. The zero-order valence-electron chi connectivity index (χ0n) is 65.1. The summed E-state index contributed by atoms with van der Waals surface area (Å²) in [5.74, 6) is -1.63. The molecule has 5 unspecified atom stereocenters. The van der Waals surface area contributed by atoms with Gasteiger partial charge in [0.05, 0.1) is 26.4 Å². The summed E-state index contributed by atoms with van der Waals surface area (Å²) >= 11 is 0. The lowest BCUT2D eigenvalue weighted by molar-refractivity contribution is -0.161. The minimum atomic E-state index is -4.95. The zero-order chi connectivity index (χ0) is 76.6. The van der Waals surface area contributed by atoms with Crippen molar-refractivity contribution in [3.8, 4) is 0 Å². The molecule has 5 atom stereocenters. The molecule has 0 aromatic carbocycles. The van der Waals surface area contributed by atoms with Crippen molar-refractivity contribution >= 4 is 33.6 Å². The van der Waals surface area contributed by atoms with Gasteiger partial charge in [-0.3, -0.25) is 32.5 Å². The number of allylic oxidation sites excluding steroid dienone is 30. The van der Waals surface area contributed by atoms with Gasteiger partial charge in [0.15, 0.2) is 6.10 Å². The highest BCUT2D eigenvalue weighted by Crippen LogP contribution is 2.45. The molecular weight excluding hydrogens is 1360 g/mol. The Bertz CT molecular complexity index is 2640. The Morgan fingerprint density at radius 3 is 0.800 bits per heavy atom. The maximum absolute atomic E-state index is 13.0. The first-order chi connectivity index (χ1) is 51.2. The Morgan fingerprint density at radius 2 is 0.505 bits per heavy atom. The molecule has 0 heterocycles. The van der Waals surface area contributed by atoms with E-state index in [1.165, 1.54) is 19.3 Å². The van der Waals surface area contributed by atoms with Gasteiger partial charge in [0.2, 0.25) is 0 Å². The third-order valence-corrected chi connectivity index (χ3v) is 18.0. The summed E-state index contributed by atoms with van der Waals surface area (Å²) in [6, 6.07) is 0. The van der Waals surface area contributed by atoms with Crippen LogP contribution in [0.25, 0.3) is 0 Å². The first-order valence-electron chi connectivity index (χ1n) is 40.1. The Balaban J connectivity index is 4.73. The average molecular weight is 1510 g/mol. The number of rotatable bonds is 74. The number of ether oxygens (including phenoxy) is 3.